The van der Waals surface area contributed by atoms with E-state index in [-0.39, 0.29) is 17.2 Å². The number of Topliss-reactive ketones (excluding diaryl/α,β-unsaturated/α-hetero) is 1. The molecule has 2 N–H and O–H groups in total. The van der Waals surface area contributed by atoms with Crippen molar-refractivity contribution < 1.29 is 19.0 Å². The average molecular weight is 451 g/mol. The van der Waals surface area contributed by atoms with Crippen molar-refractivity contribution in [1.29, 1.82) is 5.26 Å². The third kappa shape index (κ3) is 4.30. The molecule has 6 nitrogen and oxygen atoms in total. The van der Waals surface area contributed by atoms with Crippen LogP contribution in [0.3, 0.4) is 0 Å². The predicted octanol–water partition coefficient (Wildman–Crippen LogP) is 5.13. The molecule has 0 radical (unpaired) electrons. The minimum atomic E-state index is -0.582. The van der Waals surface area contributed by atoms with Gasteiger partial charge >= 0.3 is 0 Å². The molecule has 4 rings (SSSR count). The number of rotatable bonds is 6. The predicted molar refractivity (Wildman–Crippen MR) is 120 cm³/mol. The van der Waals surface area contributed by atoms with Crippen molar-refractivity contribution in [2.45, 2.75) is 38.7 Å². The van der Waals surface area contributed by atoms with Crippen LogP contribution >= 0.6 is 11.6 Å². The van der Waals surface area contributed by atoms with Crippen LogP contribution in [0.5, 0.6) is 11.5 Å². The molecule has 2 aliphatic rings. The van der Waals surface area contributed by atoms with Crippen molar-refractivity contribution in [3.05, 3.63) is 81.4 Å². The molecule has 32 heavy (non-hydrogen) atoms. The Morgan fingerprint density at radius 3 is 2.66 bits per heavy atom. The highest BCUT2D eigenvalue weighted by atomic mass is 35.5. The second-order valence-electron chi connectivity index (χ2n) is 7.59. The Bertz CT molecular complexity index is 1150. The summed E-state index contributed by atoms with van der Waals surface area (Å²) in [5.41, 5.74) is 8.49. The van der Waals surface area contributed by atoms with Crippen LogP contribution in [0.2, 0.25) is 5.02 Å². The van der Waals surface area contributed by atoms with Gasteiger partial charge in [-0.05, 0) is 48.7 Å². The first-order valence-electron chi connectivity index (χ1n) is 10.5. The van der Waals surface area contributed by atoms with Crippen LogP contribution in [0.25, 0.3) is 0 Å². The SMILES string of the molecule is CCOc1cc(C2C(C#N)=C(N)OC3=C2C(=O)CCC3)ccc1OCc1ccc(Cl)cc1. The monoisotopic (exact) mass is 450 g/mol. The lowest BCUT2D eigenvalue weighted by Crippen LogP contribution is -2.27. The van der Waals surface area contributed by atoms with E-state index in [1.807, 2.05) is 43.3 Å². The van der Waals surface area contributed by atoms with Crippen LogP contribution in [0, 0.1) is 11.3 Å². The Morgan fingerprint density at radius 2 is 1.94 bits per heavy atom. The van der Waals surface area contributed by atoms with Gasteiger partial charge in [-0.2, -0.15) is 5.26 Å². The zero-order chi connectivity index (χ0) is 22.7. The van der Waals surface area contributed by atoms with E-state index < -0.39 is 5.92 Å². The van der Waals surface area contributed by atoms with Gasteiger partial charge in [-0.1, -0.05) is 29.8 Å². The Hall–Kier alpha value is -3.43. The first kappa shape index (κ1) is 21.8. The quantitative estimate of drug-likeness (QED) is 0.655. The molecule has 0 spiro atoms. The highest BCUT2D eigenvalue weighted by molar-refractivity contribution is 6.30. The molecule has 1 atom stereocenters. The zero-order valence-corrected chi connectivity index (χ0v) is 18.4. The summed E-state index contributed by atoms with van der Waals surface area (Å²) in [4.78, 5) is 12.8. The van der Waals surface area contributed by atoms with Crippen LogP contribution in [-0.4, -0.2) is 12.4 Å². The van der Waals surface area contributed by atoms with Gasteiger partial charge in [-0.3, -0.25) is 4.79 Å². The van der Waals surface area contributed by atoms with Gasteiger partial charge in [0.15, 0.2) is 17.3 Å². The summed E-state index contributed by atoms with van der Waals surface area (Å²) in [6.45, 7) is 2.66. The maximum atomic E-state index is 12.8. The molecule has 0 amide bonds. The summed E-state index contributed by atoms with van der Waals surface area (Å²) in [6, 6.07) is 15.0. The summed E-state index contributed by atoms with van der Waals surface area (Å²) < 4.78 is 17.5. The molecule has 7 heteroatoms. The van der Waals surface area contributed by atoms with Crippen molar-refractivity contribution in [2.75, 3.05) is 6.61 Å². The molecule has 164 valence electrons. The molecule has 1 unspecified atom stereocenters. The number of hydrogen-bond acceptors (Lipinski definition) is 6. The van der Waals surface area contributed by atoms with Crippen molar-refractivity contribution >= 4 is 17.4 Å². The molecule has 1 heterocycles. The number of carbonyl (C=O) groups excluding carboxylic acids is 1. The number of ketones is 1. The lowest BCUT2D eigenvalue weighted by molar-refractivity contribution is -0.116. The van der Waals surface area contributed by atoms with E-state index in [1.165, 1.54) is 0 Å². The lowest BCUT2D eigenvalue weighted by atomic mass is 9.77. The average Bonchev–Trinajstić information content (AvgIpc) is 2.79. The van der Waals surface area contributed by atoms with Crippen LogP contribution in [0.15, 0.2) is 65.3 Å². The second kappa shape index (κ2) is 9.37. The number of benzene rings is 2. The normalized spacial score (nSPS) is 18.0. The highest BCUT2D eigenvalue weighted by Gasteiger charge is 2.38. The largest absolute Gasteiger partial charge is 0.490 e. The number of nitriles is 1. The number of hydrogen-bond donors (Lipinski definition) is 1. The summed E-state index contributed by atoms with van der Waals surface area (Å²) in [6.07, 6.45) is 1.76. The van der Waals surface area contributed by atoms with E-state index in [0.717, 1.165) is 11.1 Å². The summed E-state index contributed by atoms with van der Waals surface area (Å²) in [5, 5.41) is 10.4. The third-order valence-electron chi connectivity index (χ3n) is 5.51. The third-order valence-corrected chi connectivity index (χ3v) is 5.77. The van der Waals surface area contributed by atoms with Crippen molar-refractivity contribution in [1.82, 2.24) is 0 Å². The van der Waals surface area contributed by atoms with E-state index in [0.29, 0.717) is 60.3 Å². The van der Waals surface area contributed by atoms with Crippen molar-refractivity contribution in [3.63, 3.8) is 0 Å². The highest BCUT2D eigenvalue weighted by Crippen LogP contribution is 2.45. The van der Waals surface area contributed by atoms with Gasteiger partial charge < -0.3 is 19.9 Å². The fraction of sp³-hybridized carbons (Fsp3) is 0.280. The van der Waals surface area contributed by atoms with E-state index in [9.17, 15) is 10.1 Å². The molecular formula is C25H23ClN2O4. The van der Waals surface area contributed by atoms with Crippen LogP contribution in [0.4, 0.5) is 0 Å². The van der Waals surface area contributed by atoms with Crippen LogP contribution in [0.1, 0.15) is 43.2 Å². The van der Waals surface area contributed by atoms with Gasteiger partial charge in [0.1, 0.15) is 24.0 Å². The summed E-state index contributed by atoms with van der Waals surface area (Å²) >= 11 is 5.95. The number of nitrogens with zero attached hydrogens (tertiary/aromatic N) is 1. The molecule has 0 saturated carbocycles. The minimum Gasteiger partial charge on any atom is -0.490 e. The first-order valence-corrected chi connectivity index (χ1v) is 10.9. The molecule has 0 saturated heterocycles. The van der Waals surface area contributed by atoms with E-state index in [2.05, 4.69) is 6.07 Å². The lowest BCUT2D eigenvalue weighted by Gasteiger charge is -2.31. The van der Waals surface area contributed by atoms with Crippen molar-refractivity contribution in [3.8, 4) is 17.6 Å². The Balaban J connectivity index is 1.69. The second-order valence-corrected chi connectivity index (χ2v) is 8.03. The topological polar surface area (TPSA) is 94.6 Å². The molecule has 2 aromatic carbocycles. The summed E-state index contributed by atoms with van der Waals surface area (Å²) in [5.74, 6) is 1.11. The number of nitrogens with two attached hydrogens (primary N) is 1. The van der Waals surface area contributed by atoms with Gasteiger partial charge in [0, 0.05) is 23.4 Å². The maximum Gasteiger partial charge on any atom is 0.205 e. The Labute approximate surface area is 191 Å². The molecule has 0 aromatic heterocycles. The molecule has 1 aliphatic carbocycles. The number of halogens is 1. The fourth-order valence-corrected chi connectivity index (χ4v) is 4.15. The Morgan fingerprint density at radius 1 is 1.16 bits per heavy atom. The minimum absolute atomic E-state index is 0.0162. The van der Waals surface area contributed by atoms with Gasteiger partial charge in [-0.15, -0.1) is 0 Å². The molecule has 0 fully saturated rings. The number of allylic oxidation sites excluding steroid dienone is 3. The van der Waals surface area contributed by atoms with Crippen LogP contribution < -0.4 is 15.2 Å². The van der Waals surface area contributed by atoms with E-state index >= 15 is 0 Å². The van der Waals surface area contributed by atoms with E-state index in [4.69, 9.17) is 31.5 Å². The maximum absolute atomic E-state index is 12.8. The summed E-state index contributed by atoms with van der Waals surface area (Å²) in [7, 11) is 0. The molecule has 2 aromatic rings. The van der Waals surface area contributed by atoms with Gasteiger partial charge in [0.25, 0.3) is 0 Å². The smallest absolute Gasteiger partial charge is 0.205 e. The van der Waals surface area contributed by atoms with Crippen molar-refractivity contribution in [2.24, 2.45) is 5.73 Å². The fourth-order valence-electron chi connectivity index (χ4n) is 4.02. The van der Waals surface area contributed by atoms with Gasteiger partial charge in [-0.25, -0.2) is 0 Å². The van der Waals surface area contributed by atoms with E-state index in [1.54, 1.807) is 6.07 Å². The number of carbonyl (C=O) groups is 1. The molecular weight excluding hydrogens is 428 g/mol. The molecule has 0 bridgehead atoms. The van der Waals surface area contributed by atoms with Gasteiger partial charge in [0.05, 0.1) is 12.5 Å². The van der Waals surface area contributed by atoms with Gasteiger partial charge in [0.2, 0.25) is 5.88 Å². The zero-order valence-electron chi connectivity index (χ0n) is 17.7. The first-order chi connectivity index (χ1) is 15.5. The van der Waals surface area contributed by atoms with Crippen LogP contribution in [-0.2, 0) is 16.1 Å². The molecule has 1 aliphatic heterocycles. The number of ether oxygens (including phenoxy) is 3. The Kier molecular flexibility index (Phi) is 6.38. The standard InChI is InChI=1S/C25H23ClN2O4/c1-2-30-22-12-16(8-11-20(22)31-14-15-6-9-17(26)10-7-15)23-18(13-27)25(28)32-21-5-3-4-19(29)24(21)23/h6-12,23H,2-5,14,28H2,1H3.